The molecule has 4 fully saturated rings. The van der Waals surface area contributed by atoms with Crippen LogP contribution >= 0.6 is 0 Å². The van der Waals surface area contributed by atoms with Gasteiger partial charge in [-0.15, -0.1) is 0 Å². The molecule has 0 aromatic heterocycles. The Morgan fingerprint density at radius 2 is 2.00 bits per heavy atom. The molecule has 0 N–H and O–H groups in total. The average molecular weight is 194 g/mol. The van der Waals surface area contributed by atoms with Crippen molar-refractivity contribution in [2.45, 2.75) is 45.6 Å². The van der Waals surface area contributed by atoms with E-state index in [0.717, 1.165) is 31.1 Å². The van der Waals surface area contributed by atoms with E-state index in [1.807, 2.05) is 0 Å². The smallest absolute Gasteiger partial charge is 0.309 e. The summed E-state index contributed by atoms with van der Waals surface area (Å²) in [5.74, 6) is 1.75. The molecule has 0 radical (unpaired) electrons. The zero-order valence-electron chi connectivity index (χ0n) is 8.95. The van der Waals surface area contributed by atoms with Gasteiger partial charge in [-0.2, -0.15) is 0 Å². The molecule has 4 aliphatic rings. The van der Waals surface area contributed by atoms with Crippen LogP contribution in [0.3, 0.4) is 0 Å². The third kappa shape index (κ3) is 0.999. The van der Waals surface area contributed by atoms with Crippen LogP contribution in [0.1, 0.15) is 39.5 Å². The molecule has 0 amide bonds. The van der Waals surface area contributed by atoms with Crippen LogP contribution in [0.5, 0.6) is 0 Å². The van der Waals surface area contributed by atoms with Crippen LogP contribution in [0, 0.1) is 23.2 Å². The minimum Gasteiger partial charge on any atom is -0.462 e. The van der Waals surface area contributed by atoms with E-state index in [4.69, 9.17) is 4.74 Å². The van der Waals surface area contributed by atoms with Gasteiger partial charge in [-0.25, -0.2) is 0 Å². The highest BCUT2D eigenvalue weighted by Gasteiger charge is 2.54. The van der Waals surface area contributed by atoms with Crippen molar-refractivity contribution in [2.75, 3.05) is 0 Å². The summed E-state index contributed by atoms with van der Waals surface area (Å²) in [6.45, 7) is 4.51. The van der Waals surface area contributed by atoms with E-state index in [2.05, 4.69) is 13.8 Å². The van der Waals surface area contributed by atoms with Crippen LogP contribution in [0.4, 0.5) is 0 Å². The van der Waals surface area contributed by atoms with Crippen LogP contribution < -0.4 is 0 Å². The minimum atomic E-state index is 0.0877. The van der Waals surface area contributed by atoms with Gasteiger partial charge in [0.25, 0.3) is 0 Å². The molecular weight excluding hydrogens is 176 g/mol. The summed E-state index contributed by atoms with van der Waals surface area (Å²) >= 11 is 0. The molecule has 4 rings (SSSR count). The van der Waals surface area contributed by atoms with Crippen LogP contribution in [-0.4, -0.2) is 12.1 Å². The third-order valence-corrected chi connectivity index (χ3v) is 4.85. The number of ether oxygens (including phenoxy) is 1. The summed E-state index contributed by atoms with van der Waals surface area (Å²) < 4.78 is 5.53. The number of carbonyl (C=O) groups is 1. The predicted molar refractivity (Wildman–Crippen MR) is 52.6 cm³/mol. The Hall–Kier alpha value is -0.530. The summed E-state index contributed by atoms with van der Waals surface area (Å²) in [5.41, 5.74) is 0.183. The monoisotopic (exact) mass is 194 g/mol. The highest BCUT2D eigenvalue weighted by Crippen LogP contribution is 2.56. The maximum atomic E-state index is 11.9. The SMILES string of the molecule is CC1(C)C2CC3CC(C2)OC(=O)C1C3. The largest absolute Gasteiger partial charge is 0.462 e. The molecule has 4 unspecified atom stereocenters. The number of hydrogen-bond acceptors (Lipinski definition) is 2. The van der Waals surface area contributed by atoms with E-state index in [-0.39, 0.29) is 23.4 Å². The van der Waals surface area contributed by atoms with Gasteiger partial charge in [0.1, 0.15) is 6.10 Å². The molecule has 4 bridgehead atoms. The Balaban J connectivity index is 2.04. The number of rotatable bonds is 0. The second kappa shape index (κ2) is 2.53. The zero-order chi connectivity index (χ0) is 9.92. The van der Waals surface area contributed by atoms with Gasteiger partial charge >= 0.3 is 5.97 Å². The van der Waals surface area contributed by atoms with Crippen LogP contribution in [0.25, 0.3) is 0 Å². The lowest BCUT2D eigenvalue weighted by molar-refractivity contribution is -0.153. The Kier molecular flexibility index (Phi) is 1.58. The van der Waals surface area contributed by atoms with Crippen molar-refractivity contribution >= 4 is 5.97 Å². The molecule has 4 atom stereocenters. The predicted octanol–water partition coefficient (Wildman–Crippen LogP) is 2.37. The second-order valence-corrected chi connectivity index (χ2v) is 5.94. The molecule has 2 heterocycles. The maximum Gasteiger partial charge on any atom is 0.309 e. The van der Waals surface area contributed by atoms with E-state index in [1.54, 1.807) is 0 Å². The number of fused-ring (bicyclic) bond motifs is 1. The summed E-state index contributed by atoms with van der Waals surface area (Å²) in [6, 6.07) is 0. The van der Waals surface area contributed by atoms with Crippen LogP contribution in [0.15, 0.2) is 0 Å². The molecule has 2 saturated carbocycles. The van der Waals surface area contributed by atoms with Crippen molar-refractivity contribution < 1.29 is 9.53 Å². The van der Waals surface area contributed by atoms with Gasteiger partial charge in [0.15, 0.2) is 0 Å². The molecule has 14 heavy (non-hydrogen) atoms. The van der Waals surface area contributed by atoms with Gasteiger partial charge in [0.2, 0.25) is 0 Å². The van der Waals surface area contributed by atoms with Gasteiger partial charge in [0, 0.05) is 0 Å². The molecule has 0 aromatic rings. The fourth-order valence-corrected chi connectivity index (χ4v) is 3.84. The van der Waals surface area contributed by atoms with Gasteiger partial charge in [-0.1, -0.05) is 13.8 Å². The summed E-state index contributed by atoms with van der Waals surface area (Å²) in [6.07, 6.45) is 4.91. The van der Waals surface area contributed by atoms with Gasteiger partial charge in [-0.05, 0) is 42.9 Å². The molecule has 2 saturated heterocycles. The fraction of sp³-hybridized carbons (Fsp3) is 0.917. The van der Waals surface area contributed by atoms with E-state index in [9.17, 15) is 4.79 Å². The molecule has 0 spiro atoms. The molecular formula is C12H18O2. The molecule has 2 aliphatic carbocycles. The topological polar surface area (TPSA) is 26.3 Å². The third-order valence-electron chi connectivity index (χ3n) is 4.85. The molecule has 0 aromatic carbocycles. The second-order valence-electron chi connectivity index (χ2n) is 5.94. The van der Waals surface area contributed by atoms with Crippen molar-refractivity contribution in [3.63, 3.8) is 0 Å². The Morgan fingerprint density at radius 3 is 2.79 bits per heavy atom. The lowest BCUT2D eigenvalue weighted by atomic mass is 9.55. The Bertz CT molecular complexity index is 282. The van der Waals surface area contributed by atoms with Crippen molar-refractivity contribution in [3.05, 3.63) is 0 Å². The highest BCUT2D eigenvalue weighted by molar-refractivity contribution is 5.74. The van der Waals surface area contributed by atoms with Crippen molar-refractivity contribution in [1.29, 1.82) is 0 Å². The first-order valence-corrected chi connectivity index (χ1v) is 5.78. The summed E-state index contributed by atoms with van der Waals surface area (Å²) in [4.78, 5) is 11.9. The number of carbonyl (C=O) groups excluding carboxylic acids is 1. The first kappa shape index (κ1) is 8.75. The van der Waals surface area contributed by atoms with E-state index in [0.29, 0.717) is 0 Å². The first-order valence-electron chi connectivity index (χ1n) is 5.78. The van der Waals surface area contributed by atoms with Crippen LogP contribution in [0.2, 0.25) is 0 Å². The lowest BCUT2D eigenvalue weighted by Gasteiger charge is -2.47. The molecule has 2 nitrogen and oxygen atoms in total. The molecule has 2 aliphatic heterocycles. The maximum absolute atomic E-state index is 11.9. The Morgan fingerprint density at radius 1 is 1.21 bits per heavy atom. The molecule has 2 heteroatoms. The van der Waals surface area contributed by atoms with Gasteiger partial charge < -0.3 is 4.74 Å². The fourth-order valence-electron chi connectivity index (χ4n) is 3.84. The van der Waals surface area contributed by atoms with E-state index in [1.165, 1.54) is 6.42 Å². The first-order chi connectivity index (χ1) is 6.57. The lowest BCUT2D eigenvalue weighted by Crippen LogP contribution is -2.43. The van der Waals surface area contributed by atoms with E-state index < -0.39 is 0 Å². The number of esters is 1. The van der Waals surface area contributed by atoms with Crippen LogP contribution in [-0.2, 0) is 9.53 Å². The Labute approximate surface area is 85.0 Å². The van der Waals surface area contributed by atoms with Gasteiger partial charge in [0.05, 0.1) is 5.92 Å². The number of hydrogen-bond donors (Lipinski definition) is 0. The normalized spacial score (nSPS) is 48.9. The van der Waals surface area contributed by atoms with Gasteiger partial charge in [-0.3, -0.25) is 4.79 Å². The minimum absolute atomic E-state index is 0.0877. The molecule has 78 valence electrons. The average Bonchev–Trinajstić information content (AvgIpc) is 2.24. The van der Waals surface area contributed by atoms with Crippen molar-refractivity contribution in [2.24, 2.45) is 23.2 Å². The van der Waals surface area contributed by atoms with E-state index >= 15 is 0 Å². The summed E-state index contributed by atoms with van der Waals surface area (Å²) in [5, 5.41) is 0. The zero-order valence-corrected chi connectivity index (χ0v) is 8.95. The highest BCUT2D eigenvalue weighted by atomic mass is 16.5. The summed E-state index contributed by atoms with van der Waals surface area (Å²) in [7, 11) is 0. The van der Waals surface area contributed by atoms with Crippen molar-refractivity contribution in [1.82, 2.24) is 0 Å². The quantitative estimate of drug-likeness (QED) is 0.553. The van der Waals surface area contributed by atoms with Crippen molar-refractivity contribution in [3.8, 4) is 0 Å². The standard InChI is InChI=1S/C12H18O2/c1-12(2)8-3-7-4-9(6-8)14-11(13)10(12)5-7/h7-10H,3-6H2,1-2H3.